The molecular formula is C64H80N11NaO20S. The third-order valence-electron chi connectivity index (χ3n) is 17.8. The minimum Gasteiger partial charge on any atom is -0.691 e. The first kappa shape index (κ1) is 75.3. The first-order valence-corrected chi connectivity index (χ1v) is 32.0. The van der Waals surface area contributed by atoms with Gasteiger partial charge in [0.05, 0.1) is 36.6 Å². The van der Waals surface area contributed by atoms with Gasteiger partial charge in [-0.25, -0.2) is 6.57 Å². The van der Waals surface area contributed by atoms with Crippen molar-refractivity contribution >= 4 is 70.7 Å². The number of aliphatic hydroxyl groups excluding tert-OH is 7. The Hall–Kier alpha value is -7.43. The fourth-order valence-electron chi connectivity index (χ4n) is 12.7. The molecule has 7 amide bonds. The largest absolute Gasteiger partial charge is 1.00 e. The third-order valence-corrected chi connectivity index (χ3v) is 18.2. The van der Waals surface area contributed by atoms with Crippen molar-refractivity contribution in [1.82, 2.24) is 36.4 Å². The molecule has 4 aromatic rings. The number of anilines is 3. The van der Waals surface area contributed by atoms with Crippen LogP contribution in [-0.2, 0) is 42.9 Å². The van der Waals surface area contributed by atoms with E-state index in [1.165, 1.54) is 24.7 Å². The molecule has 5 fully saturated rings. The van der Waals surface area contributed by atoms with Crippen LogP contribution in [0.5, 0.6) is 11.5 Å². The summed E-state index contributed by atoms with van der Waals surface area (Å²) in [6.45, 7) is 16.5. The van der Waals surface area contributed by atoms with Gasteiger partial charge in [0, 0.05) is 100 Å². The minimum atomic E-state index is -2.50. The van der Waals surface area contributed by atoms with E-state index in [-0.39, 0.29) is 65.2 Å². The molecule has 0 spiro atoms. The maximum absolute atomic E-state index is 14.7. The predicted octanol–water partition coefficient (Wildman–Crippen LogP) is -5.47. The Labute approximate surface area is 585 Å². The number of nitrogens with one attached hydrogen (secondary N) is 5. The molecule has 4 aromatic carbocycles. The van der Waals surface area contributed by atoms with Crippen LogP contribution < -0.4 is 80.3 Å². The molecule has 31 nitrogen and oxygen atoms in total. The van der Waals surface area contributed by atoms with Crippen molar-refractivity contribution in [3.8, 4) is 22.6 Å². The average Bonchev–Trinajstić information content (AvgIpc) is 1.03. The molecule has 97 heavy (non-hydrogen) atoms. The first-order chi connectivity index (χ1) is 45.8. The third kappa shape index (κ3) is 18.3. The van der Waals surface area contributed by atoms with E-state index in [2.05, 4.69) is 93.6 Å². The van der Waals surface area contributed by atoms with E-state index >= 15 is 0 Å². The monoisotopic (exact) mass is 1380 g/mol. The number of nitrogens with zero attached hydrogens (tertiary/aromatic N) is 6. The van der Waals surface area contributed by atoms with Crippen molar-refractivity contribution in [2.45, 2.75) is 132 Å². The zero-order chi connectivity index (χ0) is 69.2. The summed E-state index contributed by atoms with van der Waals surface area (Å²) in [5, 5.41) is 116. The molecule has 0 aromatic heterocycles. The van der Waals surface area contributed by atoms with E-state index in [4.69, 9.17) is 15.5 Å². The number of piperazine rings is 1. The number of fused-ring (bicyclic) bond motifs is 2. The quantitative estimate of drug-likeness (QED) is 0.0124. The van der Waals surface area contributed by atoms with Gasteiger partial charge in [-0.2, -0.15) is 0 Å². The molecule has 16 atom stereocenters. The number of morpholine rings is 1. The van der Waals surface area contributed by atoms with Gasteiger partial charge in [-0.15, -0.1) is 4.33 Å². The van der Waals surface area contributed by atoms with Gasteiger partial charge >= 0.3 is 29.6 Å². The summed E-state index contributed by atoms with van der Waals surface area (Å²) in [7, 11) is 0. The van der Waals surface area contributed by atoms with Crippen LogP contribution in [0.25, 0.3) is 16.0 Å². The van der Waals surface area contributed by atoms with Crippen molar-refractivity contribution in [3.63, 3.8) is 0 Å². The van der Waals surface area contributed by atoms with E-state index in [9.17, 15) is 79.7 Å². The second kappa shape index (κ2) is 33.9. The summed E-state index contributed by atoms with van der Waals surface area (Å²) in [5.41, 5.74) is 4.65. The smallest absolute Gasteiger partial charge is 0.691 e. The van der Waals surface area contributed by atoms with Crippen LogP contribution in [0.15, 0.2) is 91.0 Å². The Balaban J connectivity index is 0.0000120. The van der Waals surface area contributed by atoms with Gasteiger partial charge in [-0.1, -0.05) is 37.3 Å². The normalized spacial score (nSPS) is 27.6. The van der Waals surface area contributed by atoms with E-state index < -0.39 is 177 Å². The van der Waals surface area contributed by atoms with E-state index in [1.807, 2.05) is 24.3 Å². The Kier molecular flexibility index (Phi) is 26.3. The van der Waals surface area contributed by atoms with Gasteiger partial charge in [-0.3, -0.25) is 38.6 Å². The number of ether oxygens (including phenoxy) is 1. The molecule has 13 N–H and O–H groups in total. The van der Waals surface area contributed by atoms with Gasteiger partial charge in [0.2, 0.25) is 42.0 Å². The van der Waals surface area contributed by atoms with Crippen LogP contribution >= 0.6 is 12.3 Å². The molecule has 9 rings (SSSR count). The van der Waals surface area contributed by atoms with Crippen molar-refractivity contribution in [2.24, 2.45) is 5.92 Å². The zero-order valence-corrected chi connectivity index (χ0v) is 56.8. The summed E-state index contributed by atoms with van der Waals surface area (Å²) in [6.07, 6.45) is -14.4. The van der Waals surface area contributed by atoms with Gasteiger partial charge in [0.25, 0.3) is 18.2 Å². The molecule has 5 aliphatic rings. The van der Waals surface area contributed by atoms with Crippen LogP contribution in [-0.4, -0.2) is 243 Å². The zero-order valence-electron chi connectivity index (χ0n) is 54.0. The van der Waals surface area contributed by atoms with Crippen molar-refractivity contribution in [3.05, 3.63) is 114 Å². The van der Waals surface area contributed by atoms with Crippen LogP contribution in [0, 0.1) is 12.5 Å². The van der Waals surface area contributed by atoms with Gasteiger partial charge in [0.1, 0.15) is 48.5 Å². The van der Waals surface area contributed by atoms with Gasteiger partial charge in [0.15, 0.2) is 17.6 Å². The summed E-state index contributed by atoms with van der Waals surface area (Å²) >= 11 is -0.0704. The maximum atomic E-state index is 14.7. The number of rotatable bonds is 16. The number of amides is 7. The fourth-order valence-corrected chi connectivity index (χ4v) is 13.0. The number of carbonyl (C=O) groups excluding carboxylic acids is 7. The van der Waals surface area contributed by atoms with Gasteiger partial charge < -0.3 is 111 Å². The van der Waals surface area contributed by atoms with Crippen molar-refractivity contribution in [1.29, 1.82) is 0 Å². The van der Waals surface area contributed by atoms with Crippen LogP contribution in [0.1, 0.15) is 62.6 Å². The van der Waals surface area contributed by atoms with E-state index in [0.717, 1.165) is 96.7 Å². The summed E-state index contributed by atoms with van der Waals surface area (Å²) in [6, 6.07) is 14.0. The average molecular weight is 1380 g/mol. The number of phenols is 1. The van der Waals surface area contributed by atoms with Crippen molar-refractivity contribution < 1.29 is 128 Å². The first-order valence-electron chi connectivity index (χ1n) is 31.4. The molecule has 518 valence electrons. The molecule has 5 aliphatic heterocycles. The van der Waals surface area contributed by atoms with Crippen LogP contribution in [0.3, 0.4) is 0 Å². The summed E-state index contributed by atoms with van der Waals surface area (Å²) in [5.74, 6) is -10.4. The molecule has 5 saturated heterocycles. The molecular weight excluding hydrogens is 1300 g/mol. The summed E-state index contributed by atoms with van der Waals surface area (Å²) in [4.78, 5) is 113. The molecule has 0 radical (unpaired) electrons. The van der Waals surface area contributed by atoms with E-state index in [0.29, 0.717) is 0 Å². The number of aliphatic hydroxyl groups is 7. The number of benzene rings is 4. The number of carbonyl (C=O) groups is 7. The predicted molar refractivity (Wildman–Crippen MR) is 341 cm³/mol. The van der Waals surface area contributed by atoms with E-state index in [1.54, 1.807) is 12.1 Å². The second-order valence-electron chi connectivity index (χ2n) is 24.8. The van der Waals surface area contributed by atoms with Gasteiger partial charge in [-0.05, 0) is 98.1 Å². The second-order valence-corrected chi connectivity index (χ2v) is 25.2. The fraction of sp³-hybridized carbons (Fsp3) is 0.500. The molecule has 0 bridgehead atoms. The number of hydrogen-bond donors (Lipinski definition) is 13. The minimum absolute atomic E-state index is 0. The van der Waals surface area contributed by atoms with Crippen LogP contribution in [0.2, 0.25) is 0 Å². The molecule has 0 aliphatic carbocycles. The number of hydrogen-bond acceptors (Lipinski definition) is 24. The Morgan fingerprint density at radius 3 is 1.85 bits per heavy atom. The number of phenolic OH excluding ortho intramolecular Hbond substituents is 1. The standard InChI is InChI=1S/C64H81N11O20S.Na/c1-33-29-75-54(55(33)81)62(88)66-27-44(77)25-46(67-58(84)39-8-6-37(7-9-39)38-10-13-41(14-11-38)71-20-22-72(23-21-71)42-15-17-43(18-16-42)73-30-34(2)92-35(3)31-73)59(85)68-51(36(4)76)63(89)74-32-45(78)26-47(74)60(86)70-53(61(87)69-52(64(75)90)49(80)28-65-5)57(83)56(82)40-12-19-48(79)50(24-40)93-96-95-94-91;/h6-19,24,33-36,44-47,49,51-57,76-83,91H,20-23,25-32H2,1-4H3,(H,66,88)(H,67,84)(H,68,85)(H,69,87)(H,70,86);/q;+1/p-1/t33-,34-,35+,36+,44+,45+,46+,47+,49-,51+,52+,53+,54+,55+,56+,57+;/m1./s1. The Morgan fingerprint density at radius 2 is 1.26 bits per heavy atom. The molecule has 0 saturated carbocycles. The molecule has 33 heteroatoms. The summed E-state index contributed by atoms with van der Waals surface area (Å²) < 4.78 is 15.0. The SMILES string of the molecule is [C-]#[N+]C[C@@H](O)[C@@H]1NC(=O)[C@H]([C@H](O)[C@@H](O)c2ccc(O)c(OSOO[O-])c2)NC(=O)[C@@H]2C[C@H](O)CN2C(=O)[C@H]([C@H](C)O)NC(=O)[C@@H](NC(=O)c2ccc(-c3ccc(N4CCN(c5ccc(N6C[C@@H](C)O[C@@H](C)C6)cc5)CC4)cc3)cc2)C[C@H](O)CNC(=O)[C@@H]2[C@@H](O)[C@H](C)CN2C1=O.[Na+]. The number of aromatic hydroxyl groups is 1. The maximum Gasteiger partial charge on any atom is 1.00 e. The molecule has 0 unspecified atom stereocenters. The molecule has 5 heterocycles. The topological polar surface area (TPSA) is 422 Å². The number of β-amino-alcohol motifs (C(OH)–C–C–N with tert-alkyl or cyclic N) is 1. The van der Waals surface area contributed by atoms with Crippen molar-refractivity contribution in [2.75, 3.05) is 80.1 Å². The Bertz CT molecular complexity index is 3440. The Morgan fingerprint density at radius 1 is 0.701 bits per heavy atom. The van der Waals surface area contributed by atoms with Crippen LogP contribution in [0.4, 0.5) is 17.1 Å².